The number of pyridine rings is 1. The molecule has 0 aliphatic carbocycles. The van der Waals surface area contributed by atoms with Crippen molar-refractivity contribution in [3.8, 4) is 0 Å². The second kappa shape index (κ2) is 12.8. The Kier molecular flexibility index (Phi) is 9.54. The number of ether oxygens (including phenoxy) is 1. The van der Waals surface area contributed by atoms with E-state index in [0.29, 0.717) is 35.2 Å². The van der Waals surface area contributed by atoms with Crippen molar-refractivity contribution in [3.63, 3.8) is 0 Å². The fourth-order valence-corrected chi connectivity index (χ4v) is 3.80. The number of hydrogen-bond acceptors (Lipinski definition) is 5. The summed E-state index contributed by atoms with van der Waals surface area (Å²) in [4.78, 5) is 38.4. The molecule has 0 aliphatic rings. The van der Waals surface area contributed by atoms with Crippen molar-refractivity contribution in [3.05, 3.63) is 94.6 Å². The number of carbonyl (C=O) groups is 2. The van der Waals surface area contributed by atoms with Crippen molar-refractivity contribution in [1.82, 2.24) is 9.88 Å². The van der Waals surface area contributed by atoms with Gasteiger partial charge in [-0.15, -0.1) is 0 Å². The summed E-state index contributed by atoms with van der Waals surface area (Å²) in [6.45, 7) is 4.96. The first-order chi connectivity index (χ1) is 17.8. The van der Waals surface area contributed by atoms with E-state index >= 15 is 0 Å². The summed E-state index contributed by atoms with van der Waals surface area (Å²) in [7, 11) is 6.92. The van der Waals surface area contributed by atoms with E-state index in [1.54, 1.807) is 63.8 Å². The van der Waals surface area contributed by atoms with Crippen LogP contribution in [-0.4, -0.2) is 68.9 Å². The predicted molar refractivity (Wildman–Crippen MR) is 150 cm³/mol. The minimum absolute atomic E-state index is 0.245. The number of likely N-dealkylation sites (N-methyl/N-ethyl adjacent to an activating group) is 1. The van der Waals surface area contributed by atoms with Crippen molar-refractivity contribution in [2.75, 3.05) is 51.6 Å². The fourth-order valence-electron chi connectivity index (χ4n) is 3.62. The Morgan fingerprint density at radius 3 is 2.41 bits per heavy atom. The number of halogens is 1. The van der Waals surface area contributed by atoms with Crippen LogP contribution in [0.25, 0.3) is 6.08 Å². The van der Waals surface area contributed by atoms with Crippen LogP contribution in [-0.2, 0) is 4.74 Å². The maximum Gasteiger partial charge on any atom is 0.261 e. The Balaban J connectivity index is 1.80. The van der Waals surface area contributed by atoms with E-state index < -0.39 is 0 Å². The van der Waals surface area contributed by atoms with Gasteiger partial charge in [0.2, 0.25) is 0 Å². The third kappa shape index (κ3) is 6.81. The molecule has 0 saturated carbocycles. The van der Waals surface area contributed by atoms with Crippen LogP contribution in [0.4, 0.5) is 11.5 Å². The molecular weight excluding hydrogens is 490 g/mol. The highest BCUT2D eigenvalue weighted by molar-refractivity contribution is 6.31. The second-order valence-corrected chi connectivity index (χ2v) is 8.64. The van der Waals surface area contributed by atoms with E-state index in [0.717, 1.165) is 17.0 Å². The Bertz CT molecular complexity index is 1290. The summed E-state index contributed by atoms with van der Waals surface area (Å²) in [5.74, 6) is 0.510. The first kappa shape index (κ1) is 27.6. The molecule has 3 aromatic rings. The molecule has 1 aromatic heterocycles. The zero-order valence-corrected chi connectivity index (χ0v) is 22.1. The number of aromatic nitrogens is 1. The Morgan fingerprint density at radius 1 is 1.11 bits per heavy atom. The molecule has 192 valence electrons. The lowest BCUT2D eigenvalue weighted by Gasteiger charge is -2.21. The van der Waals surface area contributed by atoms with Gasteiger partial charge in [0.15, 0.2) is 0 Å². The minimum Gasteiger partial charge on any atom is -0.383 e. The van der Waals surface area contributed by atoms with Gasteiger partial charge in [-0.05, 0) is 48.0 Å². The van der Waals surface area contributed by atoms with Crippen LogP contribution in [0, 0.1) is 0 Å². The summed E-state index contributed by atoms with van der Waals surface area (Å²) in [5, 5.41) is 3.21. The zero-order chi connectivity index (χ0) is 26.9. The molecule has 8 nitrogen and oxygen atoms in total. The number of benzene rings is 2. The lowest BCUT2D eigenvalue weighted by atomic mass is 10.1. The molecule has 1 N–H and O–H groups in total. The maximum atomic E-state index is 13.3. The number of anilines is 2. The van der Waals surface area contributed by atoms with Gasteiger partial charge in [0, 0.05) is 57.1 Å². The SMILES string of the molecule is C=Cc1ccc(N(C)C(=O)c2cc(Cl)ccc2NC(=O)c2ccc(C(=NC)N(C)CCOC)cc2)nc1. The number of methoxy groups -OCH3 is 1. The van der Waals surface area contributed by atoms with Gasteiger partial charge in [0.05, 0.1) is 17.9 Å². The third-order valence-corrected chi connectivity index (χ3v) is 5.96. The van der Waals surface area contributed by atoms with Gasteiger partial charge in [-0.3, -0.25) is 19.5 Å². The van der Waals surface area contributed by atoms with E-state index in [-0.39, 0.29) is 17.4 Å². The molecular formula is C28H30ClN5O3. The number of nitrogens with one attached hydrogen (secondary N) is 1. The van der Waals surface area contributed by atoms with Crippen molar-refractivity contribution < 1.29 is 14.3 Å². The molecule has 0 bridgehead atoms. The van der Waals surface area contributed by atoms with Gasteiger partial charge in [-0.1, -0.05) is 36.4 Å². The van der Waals surface area contributed by atoms with Crippen molar-refractivity contribution >= 4 is 46.8 Å². The van der Waals surface area contributed by atoms with Gasteiger partial charge in [0.1, 0.15) is 11.7 Å². The lowest BCUT2D eigenvalue weighted by Crippen LogP contribution is -2.30. The van der Waals surface area contributed by atoms with Gasteiger partial charge in [-0.25, -0.2) is 4.98 Å². The number of carbonyl (C=O) groups excluding carboxylic acids is 2. The molecule has 2 amide bonds. The van der Waals surface area contributed by atoms with E-state index in [2.05, 4.69) is 21.9 Å². The second-order valence-electron chi connectivity index (χ2n) is 8.20. The smallest absolute Gasteiger partial charge is 0.261 e. The highest BCUT2D eigenvalue weighted by Gasteiger charge is 2.20. The van der Waals surface area contributed by atoms with E-state index in [4.69, 9.17) is 16.3 Å². The van der Waals surface area contributed by atoms with Crippen LogP contribution >= 0.6 is 11.6 Å². The summed E-state index contributed by atoms with van der Waals surface area (Å²) < 4.78 is 5.14. The van der Waals surface area contributed by atoms with Crippen LogP contribution < -0.4 is 10.2 Å². The topological polar surface area (TPSA) is 87.1 Å². The van der Waals surface area contributed by atoms with Crippen LogP contribution in [0.15, 0.2) is 72.4 Å². The van der Waals surface area contributed by atoms with Crippen LogP contribution in [0.3, 0.4) is 0 Å². The molecule has 0 spiro atoms. The largest absolute Gasteiger partial charge is 0.383 e. The number of amidine groups is 1. The number of rotatable bonds is 9. The molecule has 0 saturated heterocycles. The average Bonchev–Trinajstić information content (AvgIpc) is 2.92. The molecule has 1 heterocycles. The van der Waals surface area contributed by atoms with Gasteiger partial charge in [0.25, 0.3) is 11.8 Å². The van der Waals surface area contributed by atoms with Crippen molar-refractivity contribution in [2.45, 2.75) is 0 Å². The molecule has 3 rings (SSSR count). The van der Waals surface area contributed by atoms with Gasteiger partial charge < -0.3 is 15.0 Å². The Morgan fingerprint density at radius 2 is 1.81 bits per heavy atom. The monoisotopic (exact) mass is 519 g/mol. The molecule has 0 aliphatic heterocycles. The van der Waals surface area contributed by atoms with E-state index in [1.807, 2.05) is 30.1 Å². The quantitative estimate of drug-likeness (QED) is 0.322. The molecule has 2 aromatic carbocycles. The predicted octanol–water partition coefficient (Wildman–Crippen LogP) is 4.86. The van der Waals surface area contributed by atoms with Crippen LogP contribution in [0.2, 0.25) is 5.02 Å². The first-order valence-corrected chi connectivity index (χ1v) is 11.9. The third-order valence-electron chi connectivity index (χ3n) is 5.72. The molecule has 0 atom stereocenters. The molecule has 0 radical (unpaired) electrons. The van der Waals surface area contributed by atoms with Crippen LogP contribution in [0.5, 0.6) is 0 Å². The number of nitrogens with zero attached hydrogens (tertiary/aromatic N) is 4. The summed E-state index contributed by atoms with van der Waals surface area (Å²) >= 11 is 6.19. The molecule has 37 heavy (non-hydrogen) atoms. The fraction of sp³-hybridized carbons (Fsp3) is 0.214. The normalized spacial score (nSPS) is 11.1. The molecule has 9 heteroatoms. The highest BCUT2D eigenvalue weighted by Crippen LogP contribution is 2.25. The van der Waals surface area contributed by atoms with Crippen molar-refractivity contribution in [2.24, 2.45) is 4.99 Å². The van der Waals surface area contributed by atoms with E-state index in [9.17, 15) is 9.59 Å². The zero-order valence-electron chi connectivity index (χ0n) is 21.4. The van der Waals surface area contributed by atoms with Crippen LogP contribution in [0.1, 0.15) is 31.8 Å². The summed E-state index contributed by atoms with van der Waals surface area (Å²) in [5.41, 5.74) is 2.73. The molecule has 0 unspecified atom stereocenters. The van der Waals surface area contributed by atoms with Gasteiger partial charge in [-0.2, -0.15) is 0 Å². The summed E-state index contributed by atoms with van der Waals surface area (Å²) in [6.07, 6.45) is 3.30. The Hall–Kier alpha value is -4.01. The standard InChI is InChI=1S/C28H30ClN5O3/c1-6-19-7-14-25(31-18-19)34(4)28(36)23-17-22(29)12-13-24(23)32-27(35)21-10-8-20(9-11-21)26(30-2)33(3)15-16-37-5/h6-14,17-18H,1,15-16H2,2-5H3,(H,32,35). The van der Waals surface area contributed by atoms with Gasteiger partial charge >= 0.3 is 0 Å². The number of aliphatic imine (C=N–C) groups is 1. The lowest BCUT2D eigenvalue weighted by molar-refractivity contribution is 0.0993. The number of hydrogen-bond donors (Lipinski definition) is 1. The average molecular weight is 520 g/mol. The highest BCUT2D eigenvalue weighted by atomic mass is 35.5. The number of amides is 2. The maximum absolute atomic E-state index is 13.3. The van der Waals surface area contributed by atoms with E-state index in [1.165, 1.54) is 11.0 Å². The van der Waals surface area contributed by atoms with Crippen molar-refractivity contribution in [1.29, 1.82) is 0 Å². The minimum atomic E-state index is -0.366. The first-order valence-electron chi connectivity index (χ1n) is 11.5. The Labute approximate surface area is 222 Å². The summed E-state index contributed by atoms with van der Waals surface area (Å²) in [6, 6.07) is 15.4. The molecule has 0 fully saturated rings.